The highest BCUT2D eigenvalue weighted by atomic mass is 19.1. The SMILES string of the molecule is CCC(C)CC(C)(N)c1ccc(F)cn1. The van der Waals surface area contributed by atoms with Gasteiger partial charge in [-0.05, 0) is 31.4 Å². The molecule has 3 heteroatoms. The molecule has 0 amide bonds. The third kappa shape index (κ3) is 3.27. The van der Waals surface area contributed by atoms with E-state index in [9.17, 15) is 4.39 Å². The Morgan fingerprint density at radius 1 is 1.53 bits per heavy atom. The van der Waals surface area contributed by atoms with Crippen LogP contribution in [0.3, 0.4) is 0 Å². The molecule has 0 saturated heterocycles. The zero-order chi connectivity index (χ0) is 11.5. The van der Waals surface area contributed by atoms with E-state index < -0.39 is 5.54 Å². The first-order valence-corrected chi connectivity index (χ1v) is 5.36. The normalized spacial score (nSPS) is 17.1. The average Bonchev–Trinajstić information content (AvgIpc) is 2.17. The highest BCUT2D eigenvalue weighted by molar-refractivity contribution is 5.14. The molecule has 1 aromatic rings. The maximum absolute atomic E-state index is 12.7. The van der Waals surface area contributed by atoms with E-state index in [4.69, 9.17) is 5.73 Å². The monoisotopic (exact) mass is 210 g/mol. The Morgan fingerprint density at radius 2 is 2.20 bits per heavy atom. The molecule has 0 aliphatic carbocycles. The van der Waals surface area contributed by atoms with Crippen LogP contribution in [0.15, 0.2) is 18.3 Å². The first-order valence-electron chi connectivity index (χ1n) is 5.36. The Morgan fingerprint density at radius 3 is 2.67 bits per heavy atom. The van der Waals surface area contributed by atoms with E-state index in [1.807, 2.05) is 6.92 Å². The molecule has 0 aliphatic rings. The Balaban J connectivity index is 2.80. The van der Waals surface area contributed by atoms with Gasteiger partial charge in [-0.3, -0.25) is 4.98 Å². The highest BCUT2D eigenvalue weighted by Crippen LogP contribution is 2.25. The number of nitrogens with zero attached hydrogens (tertiary/aromatic N) is 1. The summed E-state index contributed by atoms with van der Waals surface area (Å²) in [7, 11) is 0. The van der Waals surface area contributed by atoms with Gasteiger partial charge in [-0.1, -0.05) is 20.3 Å². The number of pyridine rings is 1. The van der Waals surface area contributed by atoms with Gasteiger partial charge in [0.1, 0.15) is 5.82 Å². The standard InChI is InChI=1S/C12H19FN2/c1-4-9(2)7-12(3,14)11-6-5-10(13)8-15-11/h5-6,8-9H,4,7,14H2,1-3H3. The summed E-state index contributed by atoms with van der Waals surface area (Å²) < 4.78 is 12.7. The third-order valence-corrected chi connectivity index (χ3v) is 2.78. The summed E-state index contributed by atoms with van der Waals surface area (Å²) in [6.45, 7) is 6.24. The molecule has 0 bridgehead atoms. The van der Waals surface area contributed by atoms with Gasteiger partial charge in [-0.2, -0.15) is 0 Å². The van der Waals surface area contributed by atoms with Crippen LogP contribution < -0.4 is 5.73 Å². The summed E-state index contributed by atoms with van der Waals surface area (Å²) in [5.74, 6) is 0.227. The van der Waals surface area contributed by atoms with Crippen LogP contribution in [-0.4, -0.2) is 4.98 Å². The fourth-order valence-corrected chi connectivity index (χ4v) is 1.69. The number of hydrogen-bond donors (Lipinski definition) is 1. The minimum Gasteiger partial charge on any atom is -0.320 e. The summed E-state index contributed by atoms with van der Waals surface area (Å²) in [5, 5.41) is 0. The van der Waals surface area contributed by atoms with Gasteiger partial charge in [-0.15, -0.1) is 0 Å². The molecule has 15 heavy (non-hydrogen) atoms. The topological polar surface area (TPSA) is 38.9 Å². The molecule has 1 heterocycles. The van der Waals surface area contributed by atoms with Crippen molar-refractivity contribution in [3.8, 4) is 0 Å². The van der Waals surface area contributed by atoms with Crippen molar-refractivity contribution in [3.05, 3.63) is 29.8 Å². The van der Waals surface area contributed by atoms with Gasteiger partial charge in [0.05, 0.1) is 17.4 Å². The zero-order valence-corrected chi connectivity index (χ0v) is 9.63. The lowest BCUT2D eigenvalue weighted by molar-refractivity contribution is 0.348. The van der Waals surface area contributed by atoms with E-state index in [0.29, 0.717) is 5.92 Å². The Kier molecular flexibility index (Phi) is 3.80. The van der Waals surface area contributed by atoms with E-state index in [2.05, 4.69) is 18.8 Å². The summed E-state index contributed by atoms with van der Waals surface area (Å²) in [5.41, 5.74) is 6.46. The number of halogens is 1. The second-order valence-electron chi connectivity index (χ2n) is 4.50. The molecule has 0 saturated carbocycles. The fraction of sp³-hybridized carbons (Fsp3) is 0.583. The molecule has 0 spiro atoms. The van der Waals surface area contributed by atoms with E-state index in [-0.39, 0.29) is 5.82 Å². The fourth-order valence-electron chi connectivity index (χ4n) is 1.69. The van der Waals surface area contributed by atoms with Crippen LogP contribution in [0.2, 0.25) is 0 Å². The second kappa shape index (κ2) is 4.71. The molecule has 1 aromatic heterocycles. The van der Waals surface area contributed by atoms with Crippen molar-refractivity contribution in [1.82, 2.24) is 4.98 Å². The molecule has 0 aliphatic heterocycles. The van der Waals surface area contributed by atoms with Crippen LogP contribution in [0.1, 0.15) is 39.3 Å². The molecule has 2 atom stereocenters. The van der Waals surface area contributed by atoms with E-state index in [1.165, 1.54) is 12.3 Å². The van der Waals surface area contributed by atoms with Crippen LogP contribution in [0.4, 0.5) is 4.39 Å². The van der Waals surface area contributed by atoms with Crippen molar-refractivity contribution in [2.45, 2.75) is 39.2 Å². The quantitative estimate of drug-likeness (QED) is 0.830. The summed E-state index contributed by atoms with van der Waals surface area (Å²) in [4.78, 5) is 4.04. The van der Waals surface area contributed by atoms with E-state index in [1.54, 1.807) is 6.07 Å². The molecule has 0 aromatic carbocycles. The van der Waals surface area contributed by atoms with Gasteiger partial charge in [0.2, 0.25) is 0 Å². The summed E-state index contributed by atoms with van der Waals surface area (Å²) in [6.07, 6.45) is 3.17. The van der Waals surface area contributed by atoms with Gasteiger partial charge in [0.25, 0.3) is 0 Å². The maximum atomic E-state index is 12.7. The van der Waals surface area contributed by atoms with Gasteiger partial charge in [0.15, 0.2) is 0 Å². The highest BCUT2D eigenvalue weighted by Gasteiger charge is 2.24. The molecule has 0 radical (unpaired) electrons. The molecule has 2 nitrogen and oxygen atoms in total. The smallest absolute Gasteiger partial charge is 0.141 e. The van der Waals surface area contributed by atoms with Crippen LogP contribution in [0, 0.1) is 11.7 Å². The number of nitrogens with two attached hydrogens (primary N) is 1. The Bertz CT molecular complexity index is 306. The second-order valence-corrected chi connectivity index (χ2v) is 4.50. The lowest BCUT2D eigenvalue weighted by Gasteiger charge is -2.27. The molecule has 2 unspecified atom stereocenters. The van der Waals surface area contributed by atoms with Crippen LogP contribution >= 0.6 is 0 Å². The van der Waals surface area contributed by atoms with Crippen molar-refractivity contribution < 1.29 is 4.39 Å². The predicted molar refractivity (Wildman–Crippen MR) is 59.8 cm³/mol. The van der Waals surface area contributed by atoms with Gasteiger partial charge >= 0.3 is 0 Å². The van der Waals surface area contributed by atoms with Crippen molar-refractivity contribution in [1.29, 1.82) is 0 Å². The summed E-state index contributed by atoms with van der Waals surface area (Å²) >= 11 is 0. The predicted octanol–water partition coefficient (Wildman–Crippen LogP) is 2.83. The van der Waals surface area contributed by atoms with E-state index >= 15 is 0 Å². The Labute approximate surface area is 90.7 Å². The van der Waals surface area contributed by atoms with Crippen molar-refractivity contribution >= 4 is 0 Å². The largest absolute Gasteiger partial charge is 0.320 e. The van der Waals surface area contributed by atoms with Gasteiger partial charge < -0.3 is 5.73 Å². The lowest BCUT2D eigenvalue weighted by Crippen LogP contribution is -2.35. The number of aromatic nitrogens is 1. The van der Waals surface area contributed by atoms with Crippen molar-refractivity contribution in [2.75, 3.05) is 0 Å². The van der Waals surface area contributed by atoms with Crippen molar-refractivity contribution in [3.63, 3.8) is 0 Å². The maximum Gasteiger partial charge on any atom is 0.141 e. The molecule has 1 rings (SSSR count). The molecular weight excluding hydrogens is 191 g/mol. The van der Waals surface area contributed by atoms with Crippen molar-refractivity contribution in [2.24, 2.45) is 11.7 Å². The van der Waals surface area contributed by atoms with Crippen LogP contribution in [-0.2, 0) is 5.54 Å². The minimum absolute atomic E-state index is 0.321. The van der Waals surface area contributed by atoms with Gasteiger partial charge in [-0.25, -0.2) is 4.39 Å². The van der Waals surface area contributed by atoms with Gasteiger partial charge in [0, 0.05) is 0 Å². The number of rotatable bonds is 4. The average molecular weight is 210 g/mol. The minimum atomic E-state index is -0.469. The lowest BCUT2D eigenvalue weighted by atomic mass is 9.86. The first-order chi connectivity index (χ1) is 6.95. The van der Waals surface area contributed by atoms with Crippen LogP contribution in [0.25, 0.3) is 0 Å². The molecule has 84 valence electrons. The number of hydrogen-bond acceptors (Lipinski definition) is 2. The summed E-state index contributed by atoms with van der Waals surface area (Å²) in [6, 6.07) is 3.07. The third-order valence-electron chi connectivity index (χ3n) is 2.78. The van der Waals surface area contributed by atoms with E-state index in [0.717, 1.165) is 18.5 Å². The molecule has 0 fully saturated rings. The molecule has 2 N–H and O–H groups in total. The zero-order valence-electron chi connectivity index (χ0n) is 9.63. The molecular formula is C12H19FN2. The first kappa shape index (κ1) is 12.1. The Hall–Kier alpha value is -0.960. The van der Waals surface area contributed by atoms with Crippen LogP contribution in [0.5, 0.6) is 0 Å².